The number of hydrogen-bond acceptors (Lipinski definition) is 4. The lowest BCUT2D eigenvalue weighted by molar-refractivity contribution is 0.0800. The number of carbonyl (C=O) groups is 1. The molecule has 1 aromatic carbocycles. The van der Waals surface area contributed by atoms with Crippen molar-refractivity contribution in [3.63, 3.8) is 0 Å². The summed E-state index contributed by atoms with van der Waals surface area (Å²) in [5.74, 6) is 0. The van der Waals surface area contributed by atoms with Gasteiger partial charge < -0.3 is 4.74 Å². The van der Waals surface area contributed by atoms with Gasteiger partial charge in [0, 0.05) is 12.1 Å². The highest BCUT2D eigenvalue weighted by atomic mass is 16.7. The summed E-state index contributed by atoms with van der Waals surface area (Å²) in [7, 11) is 0. The molecule has 18 heavy (non-hydrogen) atoms. The lowest BCUT2D eigenvalue weighted by atomic mass is 10.2. The van der Waals surface area contributed by atoms with Gasteiger partial charge in [-0.3, -0.25) is 15.2 Å². The maximum absolute atomic E-state index is 11.9. The van der Waals surface area contributed by atoms with Crippen LogP contribution in [0.25, 0.3) is 0 Å². The Kier molecular flexibility index (Phi) is 2.90. The number of nitrogens with one attached hydrogen (secondary N) is 1. The van der Waals surface area contributed by atoms with Gasteiger partial charge in [-0.1, -0.05) is 30.3 Å². The van der Waals surface area contributed by atoms with E-state index in [2.05, 4.69) is 5.48 Å². The largest absolute Gasteiger partial charge is 0.445 e. The normalized spacial score (nSPS) is 17.7. The first-order valence-corrected chi connectivity index (χ1v) is 5.87. The third kappa shape index (κ3) is 2.17. The molecule has 1 N–H and O–H groups in total. The molecule has 0 fully saturated rings. The van der Waals surface area contributed by atoms with E-state index < -0.39 is 0 Å². The summed E-state index contributed by atoms with van der Waals surface area (Å²) in [6.07, 6.45) is -0.282. The summed E-state index contributed by atoms with van der Waals surface area (Å²) in [5, 5.41) is 0. The van der Waals surface area contributed by atoms with Crippen LogP contribution in [0.1, 0.15) is 5.56 Å². The van der Waals surface area contributed by atoms with E-state index in [4.69, 9.17) is 9.57 Å². The standard InChI is InChI=1S/C13H14N2O3/c16-13(17-8-10-4-2-1-3-5-10)15-6-11-9-18-14-12(11)7-15/h1-5,14H,6-9H2. The summed E-state index contributed by atoms with van der Waals surface area (Å²) in [4.78, 5) is 18.6. The van der Waals surface area contributed by atoms with E-state index in [-0.39, 0.29) is 6.09 Å². The van der Waals surface area contributed by atoms with E-state index in [0.29, 0.717) is 26.3 Å². The molecule has 2 aliphatic rings. The van der Waals surface area contributed by atoms with Crippen LogP contribution in [0, 0.1) is 0 Å². The molecule has 5 nitrogen and oxygen atoms in total. The van der Waals surface area contributed by atoms with Crippen molar-refractivity contribution in [3.05, 3.63) is 47.2 Å². The van der Waals surface area contributed by atoms with Crippen molar-refractivity contribution in [2.75, 3.05) is 19.7 Å². The van der Waals surface area contributed by atoms with Gasteiger partial charge in [0.2, 0.25) is 0 Å². The molecule has 0 saturated carbocycles. The Morgan fingerprint density at radius 3 is 2.94 bits per heavy atom. The maximum atomic E-state index is 11.9. The van der Waals surface area contributed by atoms with Crippen molar-refractivity contribution in [1.82, 2.24) is 10.4 Å². The lowest BCUT2D eigenvalue weighted by Gasteiger charge is -2.17. The van der Waals surface area contributed by atoms with Crippen LogP contribution in [-0.2, 0) is 16.2 Å². The smallest absolute Gasteiger partial charge is 0.410 e. The van der Waals surface area contributed by atoms with E-state index in [9.17, 15) is 4.79 Å². The quantitative estimate of drug-likeness (QED) is 0.857. The van der Waals surface area contributed by atoms with E-state index in [1.807, 2.05) is 30.3 Å². The van der Waals surface area contributed by atoms with Crippen molar-refractivity contribution in [2.24, 2.45) is 0 Å². The van der Waals surface area contributed by atoms with Gasteiger partial charge in [-0.05, 0) is 5.56 Å². The van der Waals surface area contributed by atoms with E-state index in [1.165, 1.54) is 0 Å². The Hall–Kier alpha value is -2.01. The third-order valence-electron chi connectivity index (χ3n) is 3.06. The van der Waals surface area contributed by atoms with Crippen LogP contribution in [0.2, 0.25) is 0 Å². The highest BCUT2D eigenvalue weighted by Crippen LogP contribution is 2.20. The molecule has 5 heteroatoms. The van der Waals surface area contributed by atoms with E-state index >= 15 is 0 Å². The number of nitrogens with zero attached hydrogens (tertiary/aromatic N) is 1. The molecule has 0 spiro atoms. The molecule has 0 bridgehead atoms. The zero-order valence-corrected chi connectivity index (χ0v) is 9.89. The summed E-state index contributed by atoms with van der Waals surface area (Å²) in [6.45, 7) is 2.00. The molecular weight excluding hydrogens is 232 g/mol. The number of carbonyl (C=O) groups excluding carboxylic acids is 1. The Balaban J connectivity index is 1.51. The Labute approximate surface area is 105 Å². The lowest BCUT2D eigenvalue weighted by Crippen LogP contribution is -2.32. The number of benzene rings is 1. The highest BCUT2D eigenvalue weighted by molar-refractivity contribution is 5.69. The number of hydrogen-bond donors (Lipinski definition) is 1. The van der Waals surface area contributed by atoms with Gasteiger partial charge in [-0.25, -0.2) is 4.79 Å². The van der Waals surface area contributed by atoms with Crippen LogP contribution in [0.5, 0.6) is 0 Å². The van der Waals surface area contributed by atoms with Gasteiger partial charge >= 0.3 is 6.09 Å². The molecule has 3 rings (SSSR count). The molecule has 0 saturated heterocycles. The summed E-state index contributed by atoms with van der Waals surface area (Å²) < 4.78 is 5.27. The van der Waals surface area contributed by atoms with Gasteiger partial charge in [0.05, 0.1) is 18.8 Å². The van der Waals surface area contributed by atoms with Crippen LogP contribution in [-0.4, -0.2) is 30.7 Å². The number of amides is 1. The fourth-order valence-electron chi connectivity index (χ4n) is 2.07. The topological polar surface area (TPSA) is 50.8 Å². The minimum absolute atomic E-state index is 0.282. The first-order valence-electron chi connectivity index (χ1n) is 5.87. The molecule has 1 aromatic rings. The predicted molar refractivity (Wildman–Crippen MR) is 64.3 cm³/mol. The monoisotopic (exact) mass is 246 g/mol. The second-order valence-electron chi connectivity index (χ2n) is 4.37. The number of rotatable bonds is 2. The van der Waals surface area contributed by atoms with Crippen LogP contribution in [0.4, 0.5) is 4.79 Å². The fourth-order valence-corrected chi connectivity index (χ4v) is 2.07. The zero-order valence-electron chi connectivity index (χ0n) is 9.89. The Morgan fingerprint density at radius 2 is 2.17 bits per heavy atom. The van der Waals surface area contributed by atoms with E-state index in [1.54, 1.807) is 4.90 Å². The summed E-state index contributed by atoms with van der Waals surface area (Å²) in [5.41, 5.74) is 5.92. The average Bonchev–Trinajstić information content (AvgIpc) is 2.98. The second-order valence-corrected chi connectivity index (χ2v) is 4.37. The molecule has 0 aliphatic carbocycles. The molecule has 1 amide bonds. The second kappa shape index (κ2) is 4.70. The van der Waals surface area contributed by atoms with Gasteiger partial charge in [-0.15, -0.1) is 0 Å². The fraction of sp³-hybridized carbons (Fsp3) is 0.308. The first kappa shape index (κ1) is 11.1. The highest BCUT2D eigenvalue weighted by Gasteiger charge is 2.30. The number of ether oxygens (including phenoxy) is 1. The molecule has 2 heterocycles. The average molecular weight is 246 g/mol. The molecule has 0 unspecified atom stereocenters. The molecule has 2 aliphatic heterocycles. The molecular formula is C13H14N2O3. The van der Waals surface area contributed by atoms with Crippen LogP contribution in [0.3, 0.4) is 0 Å². The summed E-state index contributed by atoms with van der Waals surface area (Å²) in [6, 6.07) is 9.66. The third-order valence-corrected chi connectivity index (χ3v) is 3.06. The molecule has 94 valence electrons. The van der Waals surface area contributed by atoms with Crippen LogP contribution in [0.15, 0.2) is 41.6 Å². The Bertz CT molecular complexity index is 468. The van der Waals surface area contributed by atoms with Gasteiger partial charge in [0.25, 0.3) is 0 Å². The predicted octanol–water partition coefficient (Wildman–Crippen LogP) is 1.43. The Morgan fingerprint density at radius 1 is 1.33 bits per heavy atom. The van der Waals surface area contributed by atoms with Crippen molar-refractivity contribution in [3.8, 4) is 0 Å². The van der Waals surface area contributed by atoms with Crippen molar-refractivity contribution < 1.29 is 14.4 Å². The van der Waals surface area contributed by atoms with Crippen molar-refractivity contribution in [2.45, 2.75) is 6.61 Å². The summed E-state index contributed by atoms with van der Waals surface area (Å²) >= 11 is 0. The minimum atomic E-state index is -0.282. The van der Waals surface area contributed by atoms with Gasteiger partial charge in [-0.2, -0.15) is 0 Å². The SMILES string of the molecule is O=C(OCc1ccccc1)N1CC2=C(C1)NOC2. The molecule has 0 atom stereocenters. The van der Waals surface area contributed by atoms with Crippen molar-refractivity contribution in [1.29, 1.82) is 0 Å². The van der Waals surface area contributed by atoms with Crippen LogP contribution < -0.4 is 5.48 Å². The number of hydroxylamine groups is 1. The molecule has 0 aromatic heterocycles. The van der Waals surface area contributed by atoms with E-state index in [0.717, 1.165) is 16.8 Å². The van der Waals surface area contributed by atoms with Crippen LogP contribution >= 0.6 is 0 Å². The zero-order chi connectivity index (χ0) is 12.4. The maximum Gasteiger partial charge on any atom is 0.410 e. The molecule has 0 radical (unpaired) electrons. The minimum Gasteiger partial charge on any atom is -0.445 e. The van der Waals surface area contributed by atoms with Gasteiger partial charge in [0.1, 0.15) is 6.61 Å². The first-order chi connectivity index (χ1) is 8.83. The van der Waals surface area contributed by atoms with Crippen molar-refractivity contribution >= 4 is 6.09 Å². The van der Waals surface area contributed by atoms with Gasteiger partial charge in [0.15, 0.2) is 0 Å².